The van der Waals surface area contributed by atoms with E-state index in [4.69, 9.17) is 18.9 Å². The second-order valence-corrected chi connectivity index (χ2v) is 8.97. The molecule has 3 heterocycles. The van der Waals surface area contributed by atoms with Crippen LogP contribution < -0.4 is 19.5 Å². The second-order valence-electron chi connectivity index (χ2n) is 8.97. The second kappa shape index (κ2) is 10.8. The number of nitrogens with zero attached hydrogens (tertiary/aromatic N) is 5. The van der Waals surface area contributed by atoms with E-state index in [1.165, 1.54) is 11.0 Å². The number of hydrogen-bond acceptors (Lipinski definition) is 9. The molecule has 1 fully saturated rings. The van der Waals surface area contributed by atoms with Crippen LogP contribution in [0.2, 0.25) is 0 Å². The van der Waals surface area contributed by atoms with Crippen molar-refractivity contribution in [2.75, 3.05) is 25.6 Å². The normalized spacial score (nSPS) is 15.2. The molecule has 0 unspecified atom stereocenters. The lowest BCUT2D eigenvalue weighted by Gasteiger charge is -2.16. The van der Waals surface area contributed by atoms with Gasteiger partial charge in [0.25, 0.3) is 0 Å². The lowest BCUT2D eigenvalue weighted by molar-refractivity contribution is -0.116. The van der Waals surface area contributed by atoms with E-state index < -0.39 is 0 Å². The summed E-state index contributed by atoms with van der Waals surface area (Å²) in [5, 5.41) is 11.6. The van der Waals surface area contributed by atoms with Gasteiger partial charge in [0, 0.05) is 24.4 Å². The molecule has 1 atom stereocenters. The van der Waals surface area contributed by atoms with Crippen LogP contribution in [-0.2, 0) is 16.1 Å². The van der Waals surface area contributed by atoms with Crippen molar-refractivity contribution in [1.82, 2.24) is 25.0 Å². The maximum absolute atomic E-state index is 12.4. The Labute approximate surface area is 213 Å². The monoisotopic (exact) mass is 504 g/mol. The number of aromatic nitrogens is 5. The molecule has 2 aromatic heterocycles. The highest BCUT2D eigenvalue weighted by atomic mass is 16.6. The predicted octanol–water partition coefficient (Wildman–Crippen LogP) is 3.95. The van der Waals surface area contributed by atoms with Gasteiger partial charge in [0.2, 0.25) is 11.8 Å². The topological polar surface area (TPSA) is 123 Å². The molecular weight excluding hydrogens is 476 g/mol. The molecule has 2 aromatic carbocycles. The Balaban J connectivity index is 1.27. The number of methoxy groups -OCH3 is 1. The number of carbonyl (C=O) groups is 1. The summed E-state index contributed by atoms with van der Waals surface area (Å²) in [5.41, 5.74) is 2.14. The molecule has 37 heavy (non-hydrogen) atoms. The first-order valence-corrected chi connectivity index (χ1v) is 12.0. The number of benzene rings is 2. The van der Waals surface area contributed by atoms with E-state index >= 15 is 0 Å². The van der Waals surface area contributed by atoms with E-state index in [2.05, 4.69) is 25.6 Å². The number of fused-ring (bicyclic) bond motifs is 1. The maximum Gasteiger partial charge on any atom is 0.246 e. The minimum Gasteiger partial charge on any atom is -0.493 e. The summed E-state index contributed by atoms with van der Waals surface area (Å²) in [6.45, 7) is 5.36. The summed E-state index contributed by atoms with van der Waals surface area (Å²) in [4.78, 5) is 21.1. The SMILES string of the molecule is COc1cc2c(Oc3ccc(NC(=O)Cn4cc(C(C)C)nn4)cc3)ncnc2cc1O[C@H]1CCOC1. The van der Waals surface area contributed by atoms with E-state index in [1.54, 1.807) is 43.6 Å². The predicted molar refractivity (Wildman–Crippen MR) is 135 cm³/mol. The molecule has 0 aliphatic carbocycles. The zero-order chi connectivity index (χ0) is 25.8. The fourth-order valence-electron chi connectivity index (χ4n) is 3.88. The fourth-order valence-corrected chi connectivity index (χ4v) is 3.88. The average Bonchev–Trinajstić information content (AvgIpc) is 3.57. The summed E-state index contributed by atoms with van der Waals surface area (Å²) in [6, 6.07) is 10.6. The minimum atomic E-state index is -0.204. The molecule has 0 saturated carbocycles. The lowest BCUT2D eigenvalue weighted by Crippen LogP contribution is -2.19. The van der Waals surface area contributed by atoms with Crippen molar-refractivity contribution >= 4 is 22.5 Å². The van der Waals surface area contributed by atoms with Gasteiger partial charge in [-0.3, -0.25) is 4.79 Å². The zero-order valence-electron chi connectivity index (χ0n) is 20.9. The number of nitrogens with one attached hydrogen (secondary N) is 1. The maximum atomic E-state index is 12.4. The molecule has 0 bridgehead atoms. The first-order chi connectivity index (χ1) is 18.0. The summed E-state index contributed by atoms with van der Waals surface area (Å²) in [5.74, 6) is 2.14. The molecule has 5 rings (SSSR count). The molecule has 1 aliphatic heterocycles. The third-order valence-electron chi connectivity index (χ3n) is 5.87. The van der Waals surface area contributed by atoms with Crippen LogP contribution in [0.15, 0.2) is 48.9 Å². The highest BCUT2D eigenvalue weighted by Crippen LogP contribution is 2.37. The Morgan fingerprint density at radius 1 is 1.19 bits per heavy atom. The van der Waals surface area contributed by atoms with Crippen LogP contribution >= 0.6 is 0 Å². The summed E-state index contributed by atoms with van der Waals surface area (Å²) < 4.78 is 24.6. The minimum absolute atomic E-state index is 0.0170. The molecule has 1 N–H and O–H groups in total. The van der Waals surface area contributed by atoms with Gasteiger partial charge in [-0.2, -0.15) is 0 Å². The molecule has 0 radical (unpaired) electrons. The lowest BCUT2D eigenvalue weighted by atomic mass is 10.2. The Morgan fingerprint density at radius 3 is 2.73 bits per heavy atom. The largest absolute Gasteiger partial charge is 0.493 e. The van der Waals surface area contributed by atoms with Crippen molar-refractivity contribution in [3.05, 3.63) is 54.6 Å². The molecule has 1 aliphatic rings. The van der Waals surface area contributed by atoms with E-state index in [9.17, 15) is 4.79 Å². The van der Waals surface area contributed by atoms with Crippen LogP contribution in [0.5, 0.6) is 23.1 Å². The first-order valence-electron chi connectivity index (χ1n) is 12.0. The number of hydrogen-bond donors (Lipinski definition) is 1. The van der Waals surface area contributed by atoms with E-state index in [-0.39, 0.29) is 24.5 Å². The van der Waals surface area contributed by atoms with Crippen LogP contribution in [0.4, 0.5) is 5.69 Å². The molecule has 1 amide bonds. The van der Waals surface area contributed by atoms with Gasteiger partial charge >= 0.3 is 0 Å². The van der Waals surface area contributed by atoms with Crippen molar-refractivity contribution < 1.29 is 23.7 Å². The van der Waals surface area contributed by atoms with Gasteiger partial charge in [-0.05, 0) is 36.2 Å². The molecule has 1 saturated heterocycles. The first kappa shape index (κ1) is 24.4. The van der Waals surface area contributed by atoms with Gasteiger partial charge in [0.15, 0.2) is 11.5 Å². The zero-order valence-corrected chi connectivity index (χ0v) is 20.9. The van der Waals surface area contributed by atoms with E-state index in [0.29, 0.717) is 52.9 Å². The molecule has 192 valence electrons. The average molecular weight is 505 g/mol. The van der Waals surface area contributed by atoms with Crippen LogP contribution in [0, 0.1) is 0 Å². The standard InChI is InChI=1S/C26H28N6O5/c1-16(2)22-12-32(31-30-22)13-25(33)29-17-4-6-18(7-5-17)37-26-20-10-23(34-3)24(11-21(20)27-15-28-26)36-19-8-9-35-14-19/h4-7,10-12,15-16,19H,8-9,13-14H2,1-3H3,(H,29,33)/t19-/m0/s1. The Kier molecular flexibility index (Phi) is 7.13. The van der Waals surface area contributed by atoms with Gasteiger partial charge in [0.1, 0.15) is 24.7 Å². The van der Waals surface area contributed by atoms with Crippen molar-refractivity contribution in [2.45, 2.75) is 38.8 Å². The number of amides is 1. The third kappa shape index (κ3) is 5.78. The Bertz CT molecular complexity index is 1380. The molecule has 11 heteroatoms. The number of ether oxygens (including phenoxy) is 4. The number of carbonyl (C=O) groups excluding carboxylic acids is 1. The summed E-state index contributed by atoms with van der Waals surface area (Å²) >= 11 is 0. The smallest absolute Gasteiger partial charge is 0.246 e. The van der Waals surface area contributed by atoms with Crippen LogP contribution in [-0.4, -0.2) is 57.3 Å². The highest BCUT2D eigenvalue weighted by molar-refractivity contribution is 5.90. The van der Waals surface area contributed by atoms with Gasteiger partial charge < -0.3 is 24.3 Å². The summed E-state index contributed by atoms with van der Waals surface area (Å²) in [6.07, 6.45) is 4.03. The van der Waals surface area contributed by atoms with Crippen molar-refractivity contribution in [1.29, 1.82) is 0 Å². The molecular formula is C26H28N6O5. The van der Waals surface area contributed by atoms with Gasteiger partial charge in [0.05, 0.1) is 36.9 Å². The van der Waals surface area contributed by atoms with Crippen molar-refractivity contribution in [3.8, 4) is 23.1 Å². The third-order valence-corrected chi connectivity index (χ3v) is 5.87. The number of rotatable bonds is 9. The van der Waals surface area contributed by atoms with Crippen LogP contribution in [0.3, 0.4) is 0 Å². The Hall–Kier alpha value is -4.25. The molecule has 4 aromatic rings. The van der Waals surface area contributed by atoms with Gasteiger partial charge in [-0.15, -0.1) is 5.10 Å². The Morgan fingerprint density at radius 2 is 2.03 bits per heavy atom. The quantitative estimate of drug-likeness (QED) is 0.361. The van der Waals surface area contributed by atoms with Gasteiger partial charge in [-0.1, -0.05) is 19.1 Å². The van der Waals surface area contributed by atoms with Crippen molar-refractivity contribution in [2.24, 2.45) is 0 Å². The fraction of sp³-hybridized carbons (Fsp3) is 0.346. The highest BCUT2D eigenvalue weighted by Gasteiger charge is 2.20. The molecule has 0 spiro atoms. The van der Waals surface area contributed by atoms with Crippen LogP contribution in [0.25, 0.3) is 10.9 Å². The molecule has 11 nitrogen and oxygen atoms in total. The van der Waals surface area contributed by atoms with Crippen LogP contribution in [0.1, 0.15) is 31.9 Å². The van der Waals surface area contributed by atoms with Crippen molar-refractivity contribution in [3.63, 3.8) is 0 Å². The van der Waals surface area contributed by atoms with Gasteiger partial charge in [-0.25, -0.2) is 14.6 Å². The van der Waals surface area contributed by atoms with E-state index in [1.807, 2.05) is 19.9 Å². The summed E-state index contributed by atoms with van der Waals surface area (Å²) in [7, 11) is 1.59. The van der Waals surface area contributed by atoms with E-state index in [0.717, 1.165) is 12.1 Å². The number of anilines is 1.